The number of fused-ring (bicyclic) bond motifs is 2. The predicted octanol–water partition coefficient (Wildman–Crippen LogP) is -3.42. The lowest BCUT2D eigenvalue weighted by molar-refractivity contribution is -0.140. The van der Waals surface area contributed by atoms with Gasteiger partial charge in [0.05, 0.1) is 25.6 Å². The molecule has 41 nitrogen and oxygen atoms in total. The Bertz CT molecular complexity index is 4780. The normalized spacial score (nSPS) is 14.4. The zero-order valence-electron chi connectivity index (χ0n) is 71.4. The van der Waals surface area contributed by atoms with Crippen LogP contribution < -0.4 is 102 Å². The van der Waals surface area contributed by atoms with Gasteiger partial charge < -0.3 is 117 Å². The van der Waals surface area contributed by atoms with Gasteiger partial charge in [-0.1, -0.05) is 72.8 Å². The van der Waals surface area contributed by atoms with Gasteiger partial charge in [0, 0.05) is 92.4 Å². The van der Waals surface area contributed by atoms with E-state index in [0.29, 0.717) is 38.7 Å². The number of thiol groups is 2. The number of aromatic nitrogens is 1. The van der Waals surface area contributed by atoms with Gasteiger partial charge in [-0.25, -0.2) is 0 Å². The third-order valence-electron chi connectivity index (χ3n) is 19.7. The van der Waals surface area contributed by atoms with Crippen LogP contribution in [0.5, 0.6) is 5.75 Å². The van der Waals surface area contributed by atoms with Crippen molar-refractivity contribution in [1.29, 1.82) is 0 Å². The van der Waals surface area contributed by atoms with Crippen molar-refractivity contribution in [1.82, 2.24) is 79.4 Å². The van der Waals surface area contributed by atoms with Gasteiger partial charge in [0.1, 0.15) is 78.3 Å². The zero-order valence-corrected chi connectivity index (χ0v) is 73.2. The Labute approximate surface area is 737 Å². The number of benzene rings is 4. The Morgan fingerprint density at radius 2 is 0.929 bits per heavy atom. The summed E-state index contributed by atoms with van der Waals surface area (Å²) < 4.78 is 2.91. The minimum absolute atomic E-state index is 0.0288. The molecule has 0 aliphatic carbocycles. The number of carboxylic acids is 1. The predicted molar refractivity (Wildman–Crippen MR) is 466 cm³/mol. The highest BCUT2D eigenvalue weighted by Crippen LogP contribution is 2.25. The number of para-hydroxylation sites is 1. The molecule has 126 heavy (non-hydrogen) atoms. The van der Waals surface area contributed by atoms with E-state index in [1.807, 2.05) is 6.07 Å². The van der Waals surface area contributed by atoms with Crippen LogP contribution in [0.1, 0.15) is 143 Å². The van der Waals surface area contributed by atoms with Crippen LogP contribution in [0, 0.1) is 0 Å². The number of amides is 18. The molecule has 25 N–H and O–H groups in total. The summed E-state index contributed by atoms with van der Waals surface area (Å²) in [4.78, 5) is 262. The fraction of sp³-hybridized carbons (Fsp3) is 0.482. The van der Waals surface area contributed by atoms with E-state index in [9.17, 15) is 72.5 Å². The number of primary amides is 4. The summed E-state index contributed by atoms with van der Waals surface area (Å²) in [6, 6.07) is 7.52. The molecule has 4 aromatic carbocycles. The molecule has 0 saturated carbocycles. The first-order valence-corrected chi connectivity index (χ1v) is 41.3. The van der Waals surface area contributed by atoms with Gasteiger partial charge in [-0.3, -0.25) is 91.1 Å². The Morgan fingerprint density at radius 1 is 0.452 bits per heavy atom. The highest BCUT2D eigenvalue weighted by atomic mass is 32.1. The van der Waals surface area contributed by atoms with Crippen LogP contribution in [0.2, 0.25) is 0 Å². The quantitative estimate of drug-likeness (QED) is 0.0133. The Balaban J connectivity index is 1.60. The fourth-order valence-electron chi connectivity index (χ4n) is 13.1. The first kappa shape index (κ1) is 104. The molecule has 5 rings (SSSR count). The number of nitrogens with one attached hydrogen (secondary N) is 15. The van der Waals surface area contributed by atoms with Crippen molar-refractivity contribution >= 4 is 159 Å². The molecule has 1 aromatic heterocycles. The van der Waals surface area contributed by atoms with Crippen molar-refractivity contribution in [2.75, 3.05) is 26.2 Å². The molecule has 0 unspecified atom stereocenters. The number of rotatable bonds is 53. The minimum atomic E-state index is -2.16. The maximum Gasteiger partial charge on any atom is 0.303 e. The number of aliphatic carboxylic acids is 1. The lowest BCUT2D eigenvalue weighted by atomic mass is 9.91. The lowest BCUT2D eigenvalue weighted by Gasteiger charge is -2.34. The molecule has 0 aliphatic rings. The van der Waals surface area contributed by atoms with Gasteiger partial charge in [0.25, 0.3) is 0 Å². The average molecular weight is 1800 g/mol. The van der Waals surface area contributed by atoms with Crippen molar-refractivity contribution in [3.05, 3.63) is 114 Å². The van der Waals surface area contributed by atoms with Gasteiger partial charge in [-0.2, -0.15) is 25.3 Å². The monoisotopic (exact) mass is 1790 g/mol. The molecule has 12 atom stereocenters. The summed E-state index contributed by atoms with van der Waals surface area (Å²) in [5.74, 6) is -18.9. The molecule has 1 heterocycles. The van der Waals surface area contributed by atoms with Crippen LogP contribution in [-0.2, 0) is 110 Å². The topological polar surface area (TPSA) is 662 Å². The van der Waals surface area contributed by atoms with E-state index in [1.54, 1.807) is 60.7 Å². The summed E-state index contributed by atoms with van der Waals surface area (Å²) in [5.41, 5.74) is 21.2. The van der Waals surface area contributed by atoms with Crippen molar-refractivity contribution < 1.29 is 106 Å². The molecule has 0 saturated heterocycles. The number of ether oxygens (including phenoxy) is 1. The van der Waals surface area contributed by atoms with Gasteiger partial charge >= 0.3 is 5.97 Å². The van der Waals surface area contributed by atoms with Crippen LogP contribution in [0.3, 0.4) is 0 Å². The molecule has 18 amide bonds. The van der Waals surface area contributed by atoms with Gasteiger partial charge in [0.2, 0.25) is 106 Å². The number of aromatic amines is 1. The number of carbonyl (C=O) groups excluding carboxylic acids is 18. The molecule has 0 bridgehead atoms. The van der Waals surface area contributed by atoms with Crippen molar-refractivity contribution in [2.24, 2.45) is 22.9 Å². The van der Waals surface area contributed by atoms with Crippen molar-refractivity contribution in [3.63, 3.8) is 0 Å². The van der Waals surface area contributed by atoms with E-state index in [0.717, 1.165) is 19.2 Å². The van der Waals surface area contributed by atoms with Gasteiger partial charge in [-0.05, 0) is 126 Å². The maximum atomic E-state index is 15.7. The second-order valence-corrected chi connectivity index (χ2v) is 34.0. The highest BCUT2D eigenvalue weighted by Gasteiger charge is 2.44. The second kappa shape index (κ2) is 48.9. The summed E-state index contributed by atoms with van der Waals surface area (Å²) in [7, 11) is 0. The van der Waals surface area contributed by atoms with Crippen LogP contribution in [0.4, 0.5) is 0 Å². The maximum absolute atomic E-state index is 15.7. The van der Waals surface area contributed by atoms with Crippen LogP contribution in [0.15, 0.2) is 97.2 Å². The third kappa shape index (κ3) is 35.0. The standard InChI is InChI=1S/C83H115N19O22S2/c1-43(103)67(100-72(115)55(26-29-62(84)107)94-78(121)68(81(5,6)125)92-46(4)106)77(120)97-60(39-51-41-90-54-19-13-12-18-53(51)54)75(118)93-56(27-30-63(85)108)73(116)101-69(82(7,8)126)79(122)98-58(37-47-21-24-52(25-22-47)124-35-34-89-45(3)105)74(117)95-59(38-48-20-23-49-16-10-11-17-50(49)36-48)76(119)102-83(9,32-14-15-33-88-44(2)104)80(123)99-57(28-31-66(111)112)71(114)96-61(40-64(86)109)70(113)91-42-65(87)110/h10-13,16-25,36,41,43,55-61,67-69,90,103,125-126H,14-15,26-35,37-40,42H2,1-9H3,(H2,84,107)(H2,85,108)(H2,86,109)(H2,87,110)(H,88,104)(H,89,105)(H,91,113)(H,92,106)(H,93,118)(H,94,121)(H,95,117)(H,96,114)(H,97,120)(H,98,122)(H,99,123)(H,100,115)(H,101,116)(H,102,119)(H,111,112)/t43-,55+,56+,57+,58+,59+,60+,61+,67+,68-,69-,83+/m1/s1. The third-order valence-corrected chi connectivity index (χ3v) is 20.3. The number of unbranched alkanes of at least 4 members (excludes halogenated alkanes) is 1. The number of H-pyrrole nitrogens is 1. The van der Waals surface area contributed by atoms with Crippen LogP contribution in [-0.4, -0.2) is 235 Å². The first-order valence-electron chi connectivity index (χ1n) is 40.4. The Morgan fingerprint density at radius 3 is 1.49 bits per heavy atom. The molecular weight excluding hydrogens is 1680 g/mol. The number of carbonyl (C=O) groups is 19. The smallest absolute Gasteiger partial charge is 0.303 e. The minimum Gasteiger partial charge on any atom is -0.492 e. The Kier molecular flexibility index (Phi) is 40.3. The molecule has 0 radical (unpaired) electrons. The van der Waals surface area contributed by atoms with E-state index in [4.69, 9.17) is 40.3 Å². The lowest BCUT2D eigenvalue weighted by Crippen LogP contribution is -2.65. The molecular formula is C83H115N19O22S2. The van der Waals surface area contributed by atoms with Crippen LogP contribution >= 0.6 is 25.3 Å². The van der Waals surface area contributed by atoms with Gasteiger partial charge in [0.15, 0.2) is 0 Å². The molecule has 43 heteroatoms. The largest absolute Gasteiger partial charge is 0.492 e. The summed E-state index contributed by atoms with van der Waals surface area (Å²) in [5, 5.41) is 58.2. The average Bonchev–Trinajstić information content (AvgIpc) is 1.39. The van der Waals surface area contributed by atoms with E-state index in [-0.39, 0.29) is 51.3 Å². The first-order chi connectivity index (χ1) is 59.0. The number of carboxylic acid groups (broad SMARTS) is 1. The number of hydrogen-bond donors (Lipinski definition) is 23. The van der Waals surface area contributed by atoms with E-state index >= 15 is 28.8 Å². The van der Waals surface area contributed by atoms with Crippen molar-refractivity contribution in [2.45, 2.75) is 227 Å². The zero-order chi connectivity index (χ0) is 94.1. The number of aliphatic hydroxyl groups is 1. The number of nitrogens with two attached hydrogens (primary N) is 4. The SMILES string of the molecule is CC(=O)NCCCC[C@](C)(NC(=O)[C@H](Cc1ccc2ccccc2c1)NC(=O)[C@H](Cc1ccc(OCCNC(C)=O)cc1)NC(=O)[C@@H](NC(=O)[C@H](CCC(N)=O)NC(=O)[C@H](Cc1c[nH]c2ccccc12)NC(=O)[C@@H](NC(=O)[C@H](CCC(N)=O)NC(=O)[C@@H](NC(C)=O)C(C)(C)S)[C@@H](C)O)C(C)(C)S)C(=O)N[C@@H](CCC(=O)O)C(=O)N[C@@H](CC(N)=O)C(=O)NCC(N)=O. The van der Waals surface area contributed by atoms with E-state index in [2.05, 4.69) is 92.0 Å². The Hall–Kier alpha value is -12.9. The highest BCUT2D eigenvalue weighted by molar-refractivity contribution is 7.82. The van der Waals surface area contributed by atoms with Crippen LogP contribution in [0.25, 0.3) is 21.7 Å². The molecule has 5 aromatic rings. The summed E-state index contributed by atoms with van der Waals surface area (Å²) in [6.07, 6.45) is -5.99. The number of aliphatic hydroxyl groups excluding tert-OH is 1. The van der Waals surface area contributed by atoms with Crippen molar-refractivity contribution in [3.8, 4) is 5.75 Å². The number of hydrogen-bond acceptors (Lipinski definition) is 23. The summed E-state index contributed by atoms with van der Waals surface area (Å²) in [6.45, 7) is 11.3. The molecule has 0 fully saturated rings. The van der Waals surface area contributed by atoms with Gasteiger partial charge in [-0.15, -0.1) is 0 Å². The van der Waals surface area contributed by atoms with E-state index < -0.39 is 252 Å². The second-order valence-electron chi connectivity index (χ2n) is 31.7. The molecule has 0 spiro atoms. The fourth-order valence-corrected chi connectivity index (χ4v) is 13.4. The van der Waals surface area contributed by atoms with E-state index in [1.165, 1.54) is 78.9 Å². The summed E-state index contributed by atoms with van der Waals surface area (Å²) >= 11 is 9.18. The molecule has 0 aliphatic heterocycles. The molecule has 686 valence electrons.